The predicted molar refractivity (Wildman–Crippen MR) is 137 cm³/mol. The molecule has 1 aromatic heterocycles. The maximum Gasteiger partial charge on any atom is 0.323 e. The van der Waals surface area contributed by atoms with Crippen molar-refractivity contribution in [3.8, 4) is 11.5 Å². The van der Waals surface area contributed by atoms with Crippen LogP contribution in [0.25, 0.3) is 0 Å². The van der Waals surface area contributed by atoms with Crippen molar-refractivity contribution in [3.05, 3.63) is 89.7 Å². The van der Waals surface area contributed by atoms with Crippen molar-refractivity contribution >= 4 is 5.91 Å². The highest BCUT2D eigenvalue weighted by molar-refractivity contribution is 5.90. The SMILES string of the molecule is CC1(c2ccccc2)Oc2cccc(CN3CCC4(CC3)CCN(C(=O)c3cccc[n+]3O)CC4)c2O1. The number of piperidine rings is 2. The lowest BCUT2D eigenvalue weighted by Gasteiger charge is -2.46. The monoisotopic (exact) mass is 500 g/mol. The molecule has 4 heterocycles. The number of rotatable bonds is 4. The molecule has 2 fully saturated rings. The number of benzene rings is 2. The van der Waals surface area contributed by atoms with Crippen LogP contribution in [-0.4, -0.2) is 47.1 Å². The molecule has 1 amide bonds. The summed E-state index contributed by atoms with van der Waals surface area (Å²) in [5, 5.41) is 10.00. The van der Waals surface area contributed by atoms with Crippen LogP contribution in [0.4, 0.5) is 0 Å². The van der Waals surface area contributed by atoms with Crippen LogP contribution in [0.5, 0.6) is 11.5 Å². The highest BCUT2D eigenvalue weighted by Crippen LogP contribution is 2.47. The molecule has 0 saturated carbocycles. The molecule has 0 bridgehead atoms. The zero-order chi connectivity index (χ0) is 25.5. The fourth-order valence-electron chi connectivity index (χ4n) is 6.04. The van der Waals surface area contributed by atoms with E-state index in [0.717, 1.165) is 85.8 Å². The molecule has 6 rings (SSSR count). The Morgan fingerprint density at radius 1 is 0.892 bits per heavy atom. The minimum Gasteiger partial charge on any atom is -0.445 e. The predicted octanol–water partition coefficient (Wildman–Crippen LogP) is 4.37. The number of para-hydroxylation sites is 1. The number of pyridine rings is 1. The smallest absolute Gasteiger partial charge is 0.323 e. The number of likely N-dealkylation sites (tertiary alicyclic amines) is 2. The van der Waals surface area contributed by atoms with Crippen molar-refractivity contribution in [2.75, 3.05) is 26.2 Å². The van der Waals surface area contributed by atoms with E-state index in [2.05, 4.69) is 17.0 Å². The Balaban J connectivity index is 1.06. The van der Waals surface area contributed by atoms with Gasteiger partial charge in [0, 0.05) is 54.5 Å². The highest BCUT2D eigenvalue weighted by atomic mass is 16.7. The molecule has 192 valence electrons. The molecule has 1 N–H and O–H groups in total. The Bertz CT molecular complexity index is 1280. The Morgan fingerprint density at radius 2 is 1.59 bits per heavy atom. The van der Waals surface area contributed by atoms with Crippen LogP contribution in [0.1, 0.15) is 54.2 Å². The lowest BCUT2D eigenvalue weighted by atomic mass is 9.71. The highest BCUT2D eigenvalue weighted by Gasteiger charge is 2.42. The van der Waals surface area contributed by atoms with E-state index in [1.807, 2.05) is 48.2 Å². The van der Waals surface area contributed by atoms with Gasteiger partial charge >= 0.3 is 11.6 Å². The first-order valence-corrected chi connectivity index (χ1v) is 13.2. The molecular weight excluding hydrogens is 466 g/mol. The Labute approximate surface area is 217 Å². The van der Waals surface area contributed by atoms with Crippen LogP contribution in [0.2, 0.25) is 0 Å². The van der Waals surface area contributed by atoms with Gasteiger partial charge in [-0.15, -0.1) is 0 Å². The van der Waals surface area contributed by atoms with Crippen molar-refractivity contribution < 1.29 is 24.2 Å². The van der Waals surface area contributed by atoms with Crippen LogP contribution in [-0.2, 0) is 12.3 Å². The maximum absolute atomic E-state index is 12.9. The quantitative estimate of drug-likeness (QED) is 0.426. The summed E-state index contributed by atoms with van der Waals surface area (Å²) < 4.78 is 13.6. The van der Waals surface area contributed by atoms with Gasteiger partial charge in [0.25, 0.3) is 5.79 Å². The minimum absolute atomic E-state index is 0.0990. The first-order valence-electron chi connectivity index (χ1n) is 13.2. The second kappa shape index (κ2) is 9.38. The topological polar surface area (TPSA) is 66.1 Å². The van der Waals surface area contributed by atoms with Gasteiger partial charge in [0.1, 0.15) is 0 Å². The summed E-state index contributed by atoms with van der Waals surface area (Å²) in [4.78, 5) is 17.3. The van der Waals surface area contributed by atoms with Crippen LogP contribution >= 0.6 is 0 Å². The second-order valence-corrected chi connectivity index (χ2v) is 10.8. The van der Waals surface area contributed by atoms with Crippen molar-refractivity contribution in [1.82, 2.24) is 9.80 Å². The molecule has 0 aliphatic carbocycles. The average Bonchev–Trinajstić information content (AvgIpc) is 3.29. The molecule has 3 aromatic rings. The third-order valence-electron chi connectivity index (χ3n) is 8.44. The minimum atomic E-state index is -0.813. The summed E-state index contributed by atoms with van der Waals surface area (Å²) in [5.74, 6) is 0.740. The van der Waals surface area contributed by atoms with E-state index in [4.69, 9.17) is 9.47 Å². The Morgan fingerprint density at radius 3 is 2.32 bits per heavy atom. The van der Waals surface area contributed by atoms with Crippen molar-refractivity contribution in [2.24, 2.45) is 5.41 Å². The van der Waals surface area contributed by atoms with E-state index in [-0.39, 0.29) is 5.91 Å². The van der Waals surface area contributed by atoms with E-state index in [1.54, 1.807) is 18.2 Å². The molecule has 2 aromatic carbocycles. The molecule has 3 aliphatic rings. The number of amides is 1. The fraction of sp³-hybridized carbons (Fsp3) is 0.400. The molecule has 3 aliphatic heterocycles. The number of hydrogen-bond acceptors (Lipinski definition) is 5. The summed E-state index contributed by atoms with van der Waals surface area (Å²) in [6.07, 6.45) is 5.79. The van der Waals surface area contributed by atoms with Crippen LogP contribution in [0, 0.1) is 5.41 Å². The number of carbonyl (C=O) groups is 1. The molecule has 2 saturated heterocycles. The van der Waals surface area contributed by atoms with Gasteiger partial charge in [-0.05, 0) is 56.3 Å². The number of carbonyl (C=O) groups excluding carboxylic acids is 1. The number of nitrogens with zero attached hydrogens (tertiary/aromatic N) is 3. The first kappa shape index (κ1) is 23.8. The number of hydrogen-bond donors (Lipinski definition) is 1. The summed E-state index contributed by atoms with van der Waals surface area (Å²) >= 11 is 0. The van der Waals surface area contributed by atoms with Gasteiger partial charge in [-0.2, -0.15) is 0 Å². The summed E-state index contributed by atoms with van der Waals surface area (Å²) in [6.45, 7) is 6.36. The Kier molecular flexibility index (Phi) is 6.03. The molecule has 7 nitrogen and oxygen atoms in total. The van der Waals surface area contributed by atoms with Crippen LogP contribution in [0.15, 0.2) is 72.9 Å². The van der Waals surface area contributed by atoms with Gasteiger partial charge in [0.05, 0.1) is 0 Å². The maximum atomic E-state index is 12.9. The molecule has 37 heavy (non-hydrogen) atoms. The lowest BCUT2D eigenvalue weighted by molar-refractivity contribution is -0.906. The number of ether oxygens (including phenoxy) is 2. The zero-order valence-corrected chi connectivity index (χ0v) is 21.3. The normalized spacial score (nSPS) is 22.8. The van der Waals surface area contributed by atoms with Gasteiger partial charge in [-0.25, -0.2) is 0 Å². The molecular formula is C30H34N3O4+. The molecule has 1 atom stereocenters. The average molecular weight is 501 g/mol. The van der Waals surface area contributed by atoms with E-state index in [0.29, 0.717) is 11.1 Å². The number of fused-ring (bicyclic) bond motifs is 1. The van der Waals surface area contributed by atoms with Gasteiger partial charge in [0.15, 0.2) is 11.5 Å². The summed E-state index contributed by atoms with van der Waals surface area (Å²) in [5.41, 5.74) is 2.78. The van der Waals surface area contributed by atoms with Crippen molar-refractivity contribution in [2.45, 2.75) is 44.9 Å². The summed E-state index contributed by atoms with van der Waals surface area (Å²) in [6, 6.07) is 21.4. The molecule has 1 unspecified atom stereocenters. The van der Waals surface area contributed by atoms with Crippen LogP contribution in [0.3, 0.4) is 0 Å². The van der Waals surface area contributed by atoms with Crippen molar-refractivity contribution in [3.63, 3.8) is 0 Å². The number of aromatic nitrogens is 1. The van der Waals surface area contributed by atoms with E-state index < -0.39 is 5.79 Å². The second-order valence-electron chi connectivity index (χ2n) is 10.8. The first-order chi connectivity index (χ1) is 17.9. The molecule has 7 heteroatoms. The van der Waals surface area contributed by atoms with Crippen LogP contribution < -0.4 is 14.2 Å². The van der Waals surface area contributed by atoms with E-state index >= 15 is 0 Å². The Hall–Kier alpha value is -3.58. The third kappa shape index (κ3) is 4.53. The third-order valence-corrected chi connectivity index (χ3v) is 8.44. The molecule has 1 spiro atoms. The van der Waals surface area contributed by atoms with Gasteiger partial charge in [-0.1, -0.05) is 42.5 Å². The van der Waals surface area contributed by atoms with Gasteiger partial charge in [0.2, 0.25) is 6.20 Å². The van der Waals surface area contributed by atoms with E-state index in [9.17, 15) is 10.0 Å². The van der Waals surface area contributed by atoms with Gasteiger partial charge in [-0.3, -0.25) is 14.9 Å². The van der Waals surface area contributed by atoms with Crippen molar-refractivity contribution in [1.29, 1.82) is 0 Å². The molecule has 0 radical (unpaired) electrons. The van der Waals surface area contributed by atoms with E-state index in [1.165, 1.54) is 6.20 Å². The standard InChI is InChI=1S/C30H34N3O4/c1-29(24-9-3-2-4-10-24)36-26-12-7-8-23(27(26)37-29)22-31-18-13-30(14-19-31)15-20-32(21-16-30)28(34)25-11-5-6-17-33(25)35/h2-12,17,35H,13-16,18-22H2,1H3/q+1. The lowest BCUT2D eigenvalue weighted by Crippen LogP contribution is -2.50. The summed E-state index contributed by atoms with van der Waals surface area (Å²) in [7, 11) is 0. The zero-order valence-electron chi connectivity index (χ0n) is 21.3. The fourth-order valence-corrected chi connectivity index (χ4v) is 6.04. The van der Waals surface area contributed by atoms with Gasteiger partial charge < -0.3 is 14.4 Å². The largest absolute Gasteiger partial charge is 0.445 e.